The van der Waals surface area contributed by atoms with Crippen LogP contribution in [0.4, 0.5) is 10.1 Å². The van der Waals surface area contributed by atoms with E-state index >= 15 is 4.39 Å². The number of para-hydroxylation sites is 1. The Balaban J connectivity index is 0.000000213. The number of phenolic OH excluding ortho intramolecular Hbond substituents is 1. The first kappa shape index (κ1) is 46.6. The Morgan fingerprint density at radius 3 is 2.40 bits per heavy atom. The number of hydrogen-bond donors (Lipinski definition) is 5. The quantitative estimate of drug-likeness (QED) is 0.0887. The molecule has 15 heteroatoms. The Bertz CT molecular complexity index is 2290. The zero-order valence-electron chi connectivity index (χ0n) is 37.1. The molecule has 0 spiro atoms. The lowest BCUT2D eigenvalue weighted by molar-refractivity contribution is -0.125. The molecule has 0 aliphatic carbocycles. The van der Waals surface area contributed by atoms with Crippen LogP contribution in [-0.4, -0.2) is 122 Å². The number of nitrogens with two attached hydrogens (primary N) is 3. The number of aryl methyl sites for hydroxylation is 2. The van der Waals surface area contributed by atoms with Gasteiger partial charge in [-0.05, 0) is 106 Å². The van der Waals surface area contributed by atoms with Gasteiger partial charge in [-0.15, -0.1) is 0 Å². The van der Waals surface area contributed by atoms with E-state index in [0.717, 1.165) is 62.1 Å². The molecule has 63 heavy (non-hydrogen) atoms. The Hall–Kier alpha value is -5.90. The highest BCUT2D eigenvalue weighted by molar-refractivity contribution is 5.89. The van der Waals surface area contributed by atoms with Crippen molar-refractivity contribution < 1.29 is 28.6 Å². The fourth-order valence-corrected chi connectivity index (χ4v) is 9.06. The number of morpholine rings is 1. The van der Waals surface area contributed by atoms with Gasteiger partial charge in [-0.2, -0.15) is 0 Å². The van der Waals surface area contributed by atoms with E-state index in [-0.39, 0.29) is 30.0 Å². The number of alkyl halides is 1. The number of aldehydes is 1. The molecule has 2 amide bonds. The van der Waals surface area contributed by atoms with Crippen LogP contribution in [0.1, 0.15) is 76.9 Å². The molecule has 14 nitrogen and oxygen atoms in total. The first-order valence-electron chi connectivity index (χ1n) is 21.8. The molecule has 0 saturated carbocycles. The van der Waals surface area contributed by atoms with E-state index in [1.54, 1.807) is 36.4 Å². The number of fused-ring (bicyclic) bond motifs is 1. The number of benzene rings is 3. The summed E-state index contributed by atoms with van der Waals surface area (Å²) in [6.07, 6.45) is 8.54. The number of amides is 2. The van der Waals surface area contributed by atoms with E-state index in [4.69, 9.17) is 21.9 Å². The summed E-state index contributed by atoms with van der Waals surface area (Å²) in [4.78, 5) is 41.7. The molecule has 338 valence electrons. The number of nitrogens with zero attached hydrogens (tertiary/aromatic N) is 5. The van der Waals surface area contributed by atoms with Crippen molar-refractivity contribution in [1.29, 1.82) is 0 Å². The van der Waals surface area contributed by atoms with E-state index in [1.807, 2.05) is 31.0 Å². The number of aromatic nitrogens is 1. The molecule has 3 aliphatic heterocycles. The van der Waals surface area contributed by atoms with Gasteiger partial charge in [-0.1, -0.05) is 24.3 Å². The lowest BCUT2D eigenvalue weighted by Crippen LogP contribution is -2.49. The van der Waals surface area contributed by atoms with E-state index in [9.17, 15) is 19.5 Å². The summed E-state index contributed by atoms with van der Waals surface area (Å²) < 4.78 is 23.6. The van der Waals surface area contributed by atoms with Gasteiger partial charge in [0.1, 0.15) is 29.6 Å². The van der Waals surface area contributed by atoms with Gasteiger partial charge in [0.2, 0.25) is 12.3 Å². The predicted molar refractivity (Wildman–Crippen MR) is 247 cm³/mol. The number of ether oxygens (including phenoxy) is 1. The highest BCUT2D eigenvalue weighted by atomic mass is 19.1. The standard InChI is InChI=1S/C26H38FN5O2.C22H26N4O3/c1-20-22-8-15-32(24(22)5-4-23(20)30(3)12-9-25(34)28-19-33)21-6-13-31(14-7-21)18-26(27)10-16-29(2)17-11-26;1-14-10-15(13-27)6-7-16(14)21-12-26(8-9-29-21)19(22(24)25)11-18(23)17-4-2-3-5-20(17)28/h4-5,8,15,19,21H,6-7,9-14,16-18H2,1-3H3,(H,28,33,34);2-7,10-11,13,21,28H,8-9,12,23-25H2,1H3/b;18-11-. The van der Waals surface area contributed by atoms with Crippen LogP contribution >= 0.6 is 0 Å². The number of hydrogen-bond acceptors (Lipinski definition) is 12. The highest BCUT2D eigenvalue weighted by Gasteiger charge is 2.36. The highest BCUT2D eigenvalue weighted by Crippen LogP contribution is 2.35. The summed E-state index contributed by atoms with van der Waals surface area (Å²) in [7, 11) is 4.04. The van der Waals surface area contributed by atoms with Crippen molar-refractivity contribution in [2.75, 3.05) is 78.0 Å². The van der Waals surface area contributed by atoms with Gasteiger partial charge < -0.3 is 51.2 Å². The van der Waals surface area contributed by atoms with Crippen molar-refractivity contribution in [3.05, 3.63) is 112 Å². The van der Waals surface area contributed by atoms with Gasteiger partial charge in [0.25, 0.3) is 0 Å². The van der Waals surface area contributed by atoms with Crippen molar-refractivity contribution in [1.82, 2.24) is 24.6 Å². The maximum atomic E-state index is 15.3. The Labute approximate surface area is 370 Å². The maximum absolute atomic E-state index is 15.3. The number of nitrogens with one attached hydrogen (secondary N) is 1. The topological polar surface area (TPSA) is 189 Å². The Morgan fingerprint density at radius 2 is 1.73 bits per heavy atom. The van der Waals surface area contributed by atoms with Gasteiger partial charge in [0, 0.05) is 111 Å². The van der Waals surface area contributed by atoms with Crippen LogP contribution in [0.5, 0.6) is 5.75 Å². The van der Waals surface area contributed by atoms with Crippen LogP contribution in [0.25, 0.3) is 16.6 Å². The average molecular weight is 866 g/mol. The van der Waals surface area contributed by atoms with Crippen LogP contribution in [0, 0.1) is 13.8 Å². The SMILES string of the molecule is Cc1c(N(C)CCC(=O)NC=O)ccc2c1ccn2C1CCN(CC2(F)CCN(C)CC2)CC1.Cc1cc(C=O)ccc1C1CN(C(/C=C(\N)c2ccccc2O)=C(N)N)CCO1. The van der Waals surface area contributed by atoms with Gasteiger partial charge in [-0.25, -0.2) is 4.39 Å². The molecule has 0 radical (unpaired) electrons. The van der Waals surface area contributed by atoms with Crippen LogP contribution in [0.3, 0.4) is 0 Å². The molecule has 8 N–H and O–H groups in total. The lowest BCUT2D eigenvalue weighted by atomic mass is 9.92. The summed E-state index contributed by atoms with van der Waals surface area (Å²) in [5.41, 5.74) is 24.7. The summed E-state index contributed by atoms with van der Waals surface area (Å²) >= 11 is 0. The average Bonchev–Trinajstić information content (AvgIpc) is 3.71. The number of allylic oxidation sites excluding steroid dienone is 1. The van der Waals surface area contributed by atoms with Crippen molar-refractivity contribution in [2.45, 2.75) is 63.8 Å². The van der Waals surface area contributed by atoms with E-state index in [2.05, 4.69) is 63.0 Å². The monoisotopic (exact) mass is 866 g/mol. The number of carbonyl (C=O) groups excluding carboxylic acids is 3. The summed E-state index contributed by atoms with van der Waals surface area (Å²) in [6, 6.07) is 19.2. The van der Waals surface area contributed by atoms with E-state index in [0.29, 0.717) is 80.6 Å². The number of likely N-dealkylation sites (tertiary alicyclic amines) is 2. The summed E-state index contributed by atoms with van der Waals surface area (Å²) in [5.74, 6) is -0.0495. The molecular weight excluding hydrogens is 802 g/mol. The third kappa shape index (κ3) is 11.6. The number of phenols is 1. The molecule has 1 aromatic heterocycles. The molecule has 3 saturated heterocycles. The number of aromatic hydroxyl groups is 1. The second-order valence-corrected chi connectivity index (χ2v) is 17.2. The minimum atomic E-state index is -1.03. The second-order valence-electron chi connectivity index (χ2n) is 17.2. The van der Waals surface area contributed by atoms with Crippen molar-refractivity contribution >= 4 is 40.9 Å². The third-order valence-corrected chi connectivity index (χ3v) is 12.8. The Morgan fingerprint density at radius 1 is 1.00 bits per heavy atom. The first-order valence-corrected chi connectivity index (χ1v) is 21.8. The lowest BCUT2D eigenvalue weighted by Gasteiger charge is -2.40. The second kappa shape index (κ2) is 21.0. The molecule has 4 heterocycles. The maximum Gasteiger partial charge on any atom is 0.228 e. The fraction of sp³-hybridized carbons (Fsp3) is 0.438. The molecule has 4 aromatic rings. The van der Waals surface area contributed by atoms with Gasteiger partial charge >= 0.3 is 0 Å². The first-order chi connectivity index (χ1) is 30.2. The molecule has 1 atom stereocenters. The minimum absolute atomic E-state index is 0.0851. The summed E-state index contributed by atoms with van der Waals surface area (Å²) in [5, 5.41) is 13.5. The smallest absolute Gasteiger partial charge is 0.228 e. The molecule has 0 bridgehead atoms. The number of carbonyl (C=O) groups is 3. The fourth-order valence-electron chi connectivity index (χ4n) is 9.06. The van der Waals surface area contributed by atoms with Crippen LogP contribution in [0.2, 0.25) is 0 Å². The molecule has 7 rings (SSSR count). The number of imide groups is 1. The normalized spacial score (nSPS) is 18.6. The van der Waals surface area contributed by atoms with Crippen molar-refractivity contribution in [3.8, 4) is 5.75 Å². The molecular formula is C48H64FN9O5. The van der Waals surface area contributed by atoms with Crippen molar-refractivity contribution in [2.24, 2.45) is 17.2 Å². The largest absolute Gasteiger partial charge is 0.507 e. The molecule has 1 unspecified atom stereocenters. The Kier molecular flexibility index (Phi) is 15.5. The minimum Gasteiger partial charge on any atom is -0.507 e. The number of rotatable bonds is 13. The zero-order chi connectivity index (χ0) is 45.3. The molecule has 3 aliphatic rings. The van der Waals surface area contributed by atoms with Crippen LogP contribution < -0.4 is 27.4 Å². The number of halogens is 1. The molecule has 3 fully saturated rings. The van der Waals surface area contributed by atoms with E-state index < -0.39 is 5.67 Å². The van der Waals surface area contributed by atoms with Gasteiger partial charge in [0.05, 0.1) is 12.3 Å². The van der Waals surface area contributed by atoms with Crippen molar-refractivity contribution in [3.63, 3.8) is 0 Å². The van der Waals surface area contributed by atoms with Gasteiger partial charge in [-0.3, -0.25) is 19.7 Å². The van der Waals surface area contributed by atoms with E-state index in [1.165, 1.54) is 16.5 Å². The third-order valence-electron chi connectivity index (χ3n) is 12.8. The zero-order valence-corrected chi connectivity index (χ0v) is 37.1. The predicted octanol–water partition coefficient (Wildman–Crippen LogP) is 5.09. The van der Waals surface area contributed by atoms with Gasteiger partial charge in [0.15, 0.2) is 0 Å². The number of anilines is 1. The number of piperidine rings is 2. The summed E-state index contributed by atoms with van der Waals surface area (Å²) in [6.45, 7) is 10.4. The van der Waals surface area contributed by atoms with Crippen LogP contribution in [0.15, 0.2) is 84.5 Å². The molecule has 3 aromatic carbocycles. The van der Waals surface area contributed by atoms with Crippen LogP contribution in [-0.2, 0) is 14.3 Å².